The van der Waals surface area contributed by atoms with E-state index in [0.717, 1.165) is 5.69 Å². The highest BCUT2D eigenvalue weighted by Gasteiger charge is 2.21. The van der Waals surface area contributed by atoms with Crippen LogP contribution in [0.3, 0.4) is 0 Å². The molecule has 0 unspecified atom stereocenters. The van der Waals surface area contributed by atoms with Gasteiger partial charge in [-0.25, -0.2) is 0 Å². The van der Waals surface area contributed by atoms with Crippen LogP contribution in [0.5, 0.6) is 0 Å². The Balaban J connectivity index is 2.35. The summed E-state index contributed by atoms with van der Waals surface area (Å²) in [6.07, 6.45) is 1.53. The van der Waals surface area contributed by atoms with E-state index >= 15 is 0 Å². The molecule has 106 valence electrons. The molecule has 0 fully saturated rings. The Labute approximate surface area is 115 Å². The maximum absolute atomic E-state index is 12.3. The summed E-state index contributed by atoms with van der Waals surface area (Å²) in [5.74, 6) is -1.04. The number of amides is 2. The molecular formula is C12H16N6O2. The molecule has 0 atom stereocenters. The number of hydrogen-bond donors (Lipinski definition) is 2. The van der Waals surface area contributed by atoms with E-state index in [9.17, 15) is 9.59 Å². The lowest BCUT2D eigenvalue weighted by molar-refractivity contribution is 0.0995. The Morgan fingerprint density at radius 2 is 1.90 bits per heavy atom. The molecule has 2 heterocycles. The fourth-order valence-electron chi connectivity index (χ4n) is 2.05. The summed E-state index contributed by atoms with van der Waals surface area (Å²) in [5.41, 5.74) is 7.37. The minimum Gasteiger partial charge on any atom is -0.364 e. The lowest BCUT2D eigenvalue weighted by Crippen LogP contribution is -2.18. The van der Waals surface area contributed by atoms with Crippen molar-refractivity contribution in [1.82, 2.24) is 19.6 Å². The monoisotopic (exact) mass is 276 g/mol. The minimum absolute atomic E-state index is 0.0278. The van der Waals surface area contributed by atoms with E-state index in [2.05, 4.69) is 15.5 Å². The first-order chi connectivity index (χ1) is 9.31. The first-order valence-electron chi connectivity index (χ1n) is 5.96. The maximum Gasteiger partial charge on any atom is 0.271 e. The molecule has 0 bridgehead atoms. The Kier molecular flexibility index (Phi) is 3.31. The predicted molar refractivity (Wildman–Crippen MR) is 72.4 cm³/mol. The van der Waals surface area contributed by atoms with Gasteiger partial charge in [-0.15, -0.1) is 0 Å². The summed E-state index contributed by atoms with van der Waals surface area (Å²) in [6, 6.07) is 0. The van der Waals surface area contributed by atoms with E-state index < -0.39 is 5.91 Å². The summed E-state index contributed by atoms with van der Waals surface area (Å²) >= 11 is 0. The molecule has 8 heteroatoms. The summed E-state index contributed by atoms with van der Waals surface area (Å²) in [7, 11) is 3.40. The fourth-order valence-corrected chi connectivity index (χ4v) is 2.05. The van der Waals surface area contributed by atoms with Gasteiger partial charge in [-0.2, -0.15) is 10.2 Å². The quantitative estimate of drug-likeness (QED) is 0.830. The Bertz CT molecular complexity index is 697. The number of carbonyl (C=O) groups excluding carboxylic acids is 2. The lowest BCUT2D eigenvalue weighted by atomic mass is 10.2. The van der Waals surface area contributed by atoms with Gasteiger partial charge in [0.15, 0.2) is 5.69 Å². The third kappa shape index (κ3) is 2.27. The van der Waals surface area contributed by atoms with Gasteiger partial charge in [0.25, 0.3) is 11.8 Å². The van der Waals surface area contributed by atoms with Crippen molar-refractivity contribution in [2.45, 2.75) is 13.8 Å². The number of rotatable bonds is 3. The van der Waals surface area contributed by atoms with Crippen LogP contribution in [0.1, 0.15) is 32.2 Å². The van der Waals surface area contributed by atoms with Gasteiger partial charge < -0.3 is 11.1 Å². The lowest BCUT2D eigenvalue weighted by Gasteiger charge is -2.04. The smallest absolute Gasteiger partial charge is 0.271 e. The van der Waals surface area contributed by atoms with Crippen molar-refractivity contribution < 1.29 is 9.59 Å². The number of aryl methyl sites for hydroxylation is 3. The number of carbonyl (C=O) groups is 2. The topological polar surface area (TPSA) is 108 Å². The van der Waals surface area contributed by atoms with Crippen molar-refractivity contribution in [3.05, 3.63) is 28.8 Å². The largest absolute Gasteiger partial charge is 0.364 e. The predicted octanol–water partition coefficient (Wildman–Crippen LogP) is 0.122. The Morgan fingerprint density at radius 1 is 1.25 bits per heavy atom. The first-order valence-corrected chi connectivity index (χ1v) is 5.96. The number of aromatic nitrogens is 4. The van der Waals surface area contributed by atoms with Gasteiger partial charge in [-0.1, -0.05) is 0 Å². The van der Waals surface area contributed by atoms with Crippen LogP contribution in [0.25, 0.3) is 0 Å². The molecule has 0 aliphatic carbocycles. The van der Waals surface area contributed by atoms with E-state index in [4.69, 9.17) is 5.73 Å². The van der Waals surface area contributed by atoms with Crippen molar-refractivity contribution in [2.75, 3.05) is 5.32 Å². The van der Waals surface area contributed by atoms with Gasteiger partial charge in [-0.05, 0) is 13.8 Å². The molecule has 0 aliphatic rings. The molecule has 2 rings (SSSR count). The van der Waals surface area contributed by atoms with E-state index in [-0.39, 0.29) is 17.3 Å². The average Bonchev–Trinajstić information content (AvgIpc) is 2.80. The second kappa shape index (κ2) is 4.80. The highest BCUT2D eigenvalue weighted by molar-refractivity contribution is 6.09. The van der Waals surface area contributed by atoms with Gasteiger partial charge >= 0.3 is 0 Å². The molecule has 0 aliphatic heterocycles. The number of nitrogens with zero attached hydrogens (tertiary/aromatic N) is 4. The zero-order chi connectivity index (χ0) is 15.0. The molecule has 0 saturated carbocycles. The van der Waals surface area contributed by atoms with Crippen molar-refractivity contribution in [3.8, 4) is 0 Å². The van der Waals surface area contributed by atoms with Crippen molar-refractivity contribution in [1.29, 1.82) is 0 Å². The van der Waals surface area contributed by atoms with Crippen LogP contribution >= 0.6 is 0 Å². The molecule has 2 aromatic heterocycles. The van der Waals surface area contributed by atoms with Gasteiger partial charge in [0.05, 0.1) is 16.9 Å². The number of nitrogens with one attached hydrogen (secondary N) is 1. The van der Waals surface area contributed by atoms with Crippen molar-refractivity contribution in [2.24, 2.45) is 19.8 Å². The van der Waals surface area contributed by atoms with Crippen LogP contribution in [-0.2, 0) is 14.1 Å². The highest BCUT2D eigenvalue weighted by Crippen LogP contribution is 2.17. The molecule has 2 amide bonds. The molecular weight excluding hydrogens is 260 g/mol. The third-order valence-electron chi connectivity index (χ3n) is 3.05. The van der Waals surface area contributed by atoms with Crippen molar-refractivity contribution >= 4 is 17.5 Å². The van der Waals surface area contributed by atoms with Crippen molar-refractivity contribution in [3.63, 3.8) is 0 Å². The summed E-state index contributed by atoms with van der Waals surface area (Å²) < 4.78 is 3.04. The summed E-state index contributed by atoms with van der Waals surface area (Å²) in [4.78, 5) is 23.6. The van der Waals surface area contributed by atoms with Gasteiger partial charge in [0.2, 0.25) is 0 Å². The number of primary amides is 1. The maximum atomic E-state index is 12.3. The molecule has 0 saturated heterocycles. The molecule has 2 aromatic rings. The van der Waals surface area contributed by atoms with Crippen LogP contribution in [0.15, 0.2) is 6.20 Å². The number of hydrogen-bond acceptors (Lipinski definition) is 4. The number of nitrogens with two attached hydrogens (primary N) is 1. The van der Waals surface area contributed by atoms with E-state index in [1.165, 1.54) is 10.9 Å². The number of anilines is 1. The van der Waals surface area contributed by atoms with Crippen LogP contribution in [-0.4, -0.2) is 31.4 Å². The summed E-state index contributed by atoms with van der Waals surface area (Å²) in [6.45, 7) is 3.55. The molecule has 0 aromatic carbocycles. The highest BCUT2D eigenvalue weighted by atomic mass is 16.2. The summed E-state index contributed by atoms with van der Waals surface area (Å²) in [5, 5.41) is 10.7. The standard InChI is InChI=1S/C12H16N6O2/c1-6-9(7(2)18(4)15-6)12(20)14-8-5-17(3)16-10(8)11(13)19/h5H,1-4H3,(H2,13,19)(H,14,20). The van der Waals surface area contributed by atoms with E-state index in [1.54, 1.807) is 32.6 Å². The van der Waals surface area contributed by atoms with Crippen LogP contribution in [0, 0.1) is 13.8 Å². The second-order valence-corrected chi connectivity index (χ2v) is 4.55. The second-order valence-electron chi connectivity index (χ2n) is 4.55. The van der Waals surface area contributed by atoms with Crippen LogP contribution in [0.2, 0.25) is 0 Å². The zero-order valence-electron chi connectivity index (χ0n) is 11.8. The molecule has 3 N–H and O–H groups in total. The Morgan fingerprint density at radius 3 is 2.40 bits per heavy atom. The van der Waals surface area contributed by atoms with Crippen LogP contribution < -0.4 is 11.1 Å². The molecule has 20 heavy (non-hydrogen) atoms. The van der Waals surface area contributed by atoms with Gasteiger partial charge in [0, 0.05) is 26.0 Å². The third-order valence-corrected chi connectivity index (χ3v) is 3.05. The normalized spacial score (nSPS) is 10.6. The molecule has 8 nitrogen and oxygen atoms in total. The minimum atomic E-state index is -0.694. The fraction of sp³-hybridized carbons (Fsp3) is 0.333. The van der Waals surface area contributed by atoms with Crippen LogP contribution in [0.4, 0.5) is 5.69 Å². The zero-order valence-corrected chi connectivity index (χ0v) is 11.8. The Hall–Kier alpha value is -2.64. The average molecular weight is 276 g/mol. The molecule has 0 radical (unpaired) electrons. The first kappa shape index (κ1) is 13.8. The van der Waals surface area contributed by atoms with E-state index in [1.807, 2.05) is 0 Å². The van der Waals surface area contributed by atoms with E-state index in [0.29, 0.717) is 11.3 Å². The van der Waals surface area contributed by atoms with Gasteiger partial charge in [-0.3, -0.25) is 19.0 Å². The SMILES string of the molecule is Cc1nn(C)c(C)c1C(=O)Nc1cn(C)nc1C(N)=O. The van der Waals surface area contributed by atoms with Gasteiger partial charge in [0.1, 0.15) is 0 Å². The molecule has 0 spiro atoms.